The Labute approximate surface area is 201 Å². The largest absolute Gasteiger partial charge is 0.412 e. The summed E-state index contributed by atoms with van der Waals surface area (Å²) in [6.45, 7) is 10.5. The number of methoxy groups -OCH3 is 1. The fourth-order valence-electron chi connectivity index (χ4n) is 2.17. The van der Waals surface area contributed by atoms with Crippen molar-refractivity contribution in [2.45, 2.75) is 64.8 Å². The first-order valence-electron chi connectivity index (χ1n) is 10.0. The number of ether oxygens (including phenoxy) is 1. The van der Waals surface area contributed by atoms with E-state index in [2.05, 4.69) is 0 Å². The minimum absolute atomic E-state index is 0.0131. The number of rotatable bonds is 7. The molecule has 0 saturated carbocycles. The van der Waals surface area contributed by atoms with Gasteiger partial charge in [0, 0.05) is 30.1 Å². The van der Waals surface area contributed by atoms with Gasteiger partial charge in [0.15, 0.2) is 0 Å². The monoisotopic (exact) mass is 515 g/mol. The Morgan fingerprint density at radius 2 is 1.67 bits per heavy atom. The topological polar surface area (TPSA) is 63.7 Å². The lowest BCUT2D eigenvalue weighted by Crippen LogP contribution is -2.37. The molecule has 33 heavy (non-hydrogen) atoms. The van der Waals surface area contributed by atoms with Crippen molar-refractivity contribution in [1.82, 2.24) is 0 Å². The summed E-state index contributed by atoms with van der Waals surface area (Å²) in [6, 6.07) is 1.84. The van der Waals surface area contributed by atoms with Gasteiger partial charge in [-0.2, -0.15) is 13.2 Å². The third kappa shape index (κ3) is 9.85. The molecular formula is C22H30ClF4NO4S. The lowest BCUT2D eigenvalue weighted by atomic mass is 10.1. The van der Waals surface area contributed by atoms with Crippen LogP contribution in [0.5, 0.6) is 0 Å². The van der Waals surface area contributed by atoms with Crippen molar-refractivity contribution >= 4 is 47.2 Å². The number of aldehydes is 1. The van der Waals surface area contributed by atoms with E-state index in [0.717, 1.165) is 37.7 Å². The van der Waals surface area contributed by atoms with Crippen LogP contribution in [0, 0.1) is 5.82 Å². The minimum Gasteiger partial charge on any atom is -0.383 e. The molecule has 0 aliphatic heterocycles. The molecule has 188 valence electrons. The third-order valence-corrected chi connectivity index (χ3v) is 5.40. The molecule has 0 radical (unpaired) electrons. The number of allylic oxidation sites excluding steroid dienone is 1. The van der Waals surface area contributed by atoms with Gasteiger partial charge in [-0.1, -0.05) is 39.3 Å². The van der Waals surface area contributed by atoms with E-state index in [4.69, 9.17) is 16.3 Å². The van der Waals surface area contributed by atoms with E-state index in [1.165, 1.54) is 7.11 Å². The molecule has 1 aromatic rings. The summed E-state index contributed by atoms with van der Waals surface area (Å²) in [5, 5.41) is -0.819. The van der Waals surface area contributed by atoms with Crippen LogP contribution in [-0.4, -0.2) is 43.2 Å². The van der Waals surface area contributed by atoms with Gasteiger partial charge in [-0.3, -0.25) is 9.59 Å². The summed E-state index contributed by atoms with van der Waals surface area (Å²) in [6.07, 6.45) is -4.22. The van der Waals surface area contributed by atoms with Gasteiger partial charge in [-0.05, 0) is 26.0 Å². The summed E-state index contributed by atoms with van der Waals surface area (Å²) in [5.74, 6) is -3.41. The summed E-state index contributed by atoms with van der Waals surface area (Å²) in [7, 11) is 1.36. The molecule has 0 bridgehead atoms. The zero-order chi connectivity index (χ0) is 26.5. The SMILES string of the molecule is CC.CC.COCC(C=O)Sc1cc(N(C(C)=O)C(=O)/C(C)=C(\C)C(F)(F)F)c(F)cc1Cl. The normalized spacial score (nSPS) is 12.3. The Hall–Kier alpha value is -1.91. The second-order valence-corrected chi connectivity index (χ2v) is 7.58. The number of nitrogens with zero attached hydrogens (tertiary/aromatic N) is 1. The van der Waals surface area contributed by atoms with Crippen LogP contribution in [0.2, 0.25) is 5.02 Å². The number of amides is 2. The number of halogens is 5. The molecule has 2 amide bonds. The summed E-state index contributed by atoms with van der Waals surface area (Å²) in [4.78, 5) is 36.1. The van der Waals surface area contributed by atoms with Gasteiger partial charge in [-0.25, -0.2) is 9.29 Å². The summed E-state index contributed by atoms with van der Waals surface area (Å²) >= 11 is 6.86. The molecule has 1 atom stereocenters. The van der Waals surface area contributed by atoms with E-state index >= 15 is 0 Å². The van der Waals surface area contributed by atoms with Crippen LogP contribution in [0.4, 0.5) is 23.2 Å². The Morgan fingerprint density at radius 1 is 1.15 bits per heavy atom. The van der Waals surface area contributed by atoms with Crippen LogP contribution >= 0.6 is 23.4 Å². The number of anilines is 1. The Kier molecular flexibility index (Phi) is 16.0. The smallest absolute Gasteiger partial charge is 0.383 e. The van der Waals surface area contributed by atoms with E-state index in [-0.39, 0.29) is 16.5 Å². The molecule has 11 heteroatoms. The second kappa shape index (κ2) is 15.8. The number of hydrogen-bond acceptors (Lipinski definition) is 5. The molecule has 0 aliphatic carbocycles. The molecule has 0 heterocycles. The first kappa shape index (κ1) is 33.3. The van der Waals surface area contributed by atoms with Crippen LogP contribution < -0.4 is 4.90 Å². The maximum atomic E-state index is 14.5. The van der Waals surface area contributed by atoms with Gasteiger partial charge in [0.05, 0.1) is 22.6 Å². The standard InChI is InChI=1S/C18H18ClF4NO4S.2C2H6/c1-9(10(2)18(21,22)23)17(27)24(11(3)26)15-6-16(13(19)5-14(15)20)29-12(7-25)8-28-4;2*1-2/h5-7,12H,8H2,1-4H3;2*1-2H3/b10-9+;;. The highest BCUT2D eigenvalue weighted by atomic mass is 35.5. The zero-order valence-electron chi connectivity index (χ0n) is 19.9. The minimum atomic E-state index is -4.79. The molecule has 1 unspecified atom stereocenters. The fourth-order valence-corrected chi connectivity index (χ4v) is 3.39. The maximum Gasteiger partial charge on any atom is 0.412 e. The average molecular weight is 516 g/mol. The number of alkyl halides is 3. The van der Waals surface area contributed by atoms with Gasteiger partial charge in [0.2, 0.25) is 5.91 Å². The number of carbonyl (C=O) groups excluding carboxylic acids is 3. The predicted octanol–water partition coefficient (Wildman–Crippen LogP) is 6.62. The van der Waals surface area contributed by atoms with Crippen LogP contribution in [-0.2, 0) is 19.1 Å². The van der Waals surface area contributed by atoms with Crippen LogP contribution in [0.1, 0.15) is 48.5 Å². The van der Waals surface area contributed by atoms with E-state index in [9.17, 15) is 31.9 Å². The number of hydrogen-bond donors (Lipinski definition) is 0. The molecule has 0 aromatic heterocycles. The number of benzene rings is 1. The lowest BCUT2D eigenvalue weighted by molar-refractivity contribution is -0.124. The number of imide groups is 1. The highest BCUT2D eigenvalue weighted by Crippen LogP contribution is 2.36. The highest BCUT2D eigenvalue weighted by Gasteiger charge is 2.36. The molecule has 0 aliphatic rings. The van der Waals surface area contributed by atoms with Crippen molar-refractivity contribution in [3.63, 3.8) is 0 Å². The van der Waals surface area contributed by atoms with Gasteiger partial charge < -0.3 is 9.53 Å². The van der Waals surface area contributed by atoms with Crippen LogP contribution in [0.3, 0.4) is 0 Å². The Bertz CT molecular complexity index is 844. The van der Waals surface area contributed by atoms with E-state index in [0.29, 0.717) is 18.1 Å². The highest BCUT2D eigenvalue weighted by molar-refractivity contribution is 8.00. The van der Waals surface area contributed by atoms with Crippen molar-refractivity contribution in [2.75, 3.05) is 18.6 Å². The molecule has 0 saturated heterocycles. The van der Waals surface area contributed by atoms with Crippen molar-refractivity contribution in [3.05, 3.63) is 34.1 Å². The summed E-state index contributed by atoms with van der Waals surface area (Å²) in [5.41, 5.74) is -2.55. The lowest BCUT2D eigenvalue weighted by Gasteiger charge is -2.23. The molecule has 0 spiro atoms. The van der Waals surface area contributed by atoms with Crippen molar-refractivity contribution in [3.8, 4) is 0 Å². The molecule has 5 nitrogen and oxygen atoms in total. The van der Waals surface area contributed by atoms with E-state index in [1.54, 1.807) is 0 Å². The van der Waals surface area contributed by atoms with Gasteiger partial charge in [0.1, 0.15) is 12.1 Å². The maximum absolute atomic E-state index is 14.5. The number of carbonyl (C=O) groups is 3. The molecule has 0 fully saturated rings. The summed E-state index contributed by atoms with van der Waals surface area (Å²) < 4.78 is 58.1. The van der Waals surface area contributed by atoms with Crippen LogP contribution in [0.25, 0.3) is 0 Å². The zero-order valence-corrected chi connectivity index (χ0v) is 21.5. The number of thioether (sulfide) groups is 1. The molecule has 1 aromatic carbocycles. The Balaban J connectivity index is 0. The first-order valence-corrected chi connectivity index (χ1v) is 11.3. The van der Waals surface area contributed by atoms with E-state index in [1.807, 2.05) is 27.7 Å². The molecule has 0 N–H and O–H groups in total. The first-order chi connectivity index (χ1) is 15.3. The third-order valence-electron chi connectivity index (χ3n) is 3.83. The van der Waals surface area contributed by atoms with Crippen molar-refractivity contribution in [2.24, 2.45) is 0 Å². The van der Waals surface area contributed by atoms with Crippen LogP contribution in [0.15, 0.2) is 28.2 Å². The Morgan fingerprint density at radius 3 is 2.06 bits per heavy atom. The van der Waals surface area contributed by atoms with Crippen molar-refractivity contribution in [1.29, 1.82) is 0 Å². The molecular weight excluding hydrogens is 486 g/mol. The fraction of sp³-hybridized carbons (Fsp3) is 0.500. The quantitative estimate of drug-likeness (QED) is 0.177. The van der Waals surface area contributed by atoms with Gasteiger partial charge in [-0.15, -0.1) is 11.8 Å². The predicted molar refractivity (Wildman–Crippen MR) is 124 cm³/mol. The van der Waals surface area contributed by atoms with E-state index < -0.39 is 45.9 Å². The van der Waals surface area contributed by atoms with Crippen molar-refractivity contribution < 1.29 is 36.7 Å². The second-order valence-electron chi connectivity index (χ2n) is 5.89. The average Bonchev–Trinajstić information content (AvgIpc) is 2.77. The van der Waals surface area contributed by atoms with Gasteiger partial charge >= 0.3 is 6.18 Å². The van der Waals surface area contributed by atoms with Gasteiger partial charge in [0.25, 0.3) is 5.91 Å². The molecule has 1 rings (SSSR count).